The molecule has 0 saturated carbocycles. The van der Waals surface area contributed by atoms with Gasteiger partial charge in [0.05, 0.1) is 6.26 Å². The second-order valence-corrected chi connectivity index (χ2v) is 5.99. The number of furan rings is 1. The summed E-state index contributed by atoms with van der Waals surface area (Å²) in [5.74, 6) is -1.09. The molecule has 140 valence electrons. The Morgan fingerprint density at radius 1 is 0.929 bits per heavy atom. The molecule has 1 heterocycles. The Labute approximate surface area is 161 Å². The van der Waals surface area contributed by atoms with E-state index in [9.17, 15) is 14.4 Å². The van der Waals surface area contributed by atoms with Crippen LogP contribution in [0.15, 0.2) is 83.1 Å². The van der Waals surface area contributed by atoms with Crippen molar-refractivity contribution >= 4 is 29.4 Å². The molecular weight excluding hydrogens is 356 g/mol. The van der Waals surface area contributed by atoms with Crippen molar-refractivity contribution in [3.8, 4) is 0 Å². The minimum atomic E-state index is -0.542. The minimum Gasteiger partial charge on any atom is -0.459 e. The zero-order chi connectivity index (χ0) is 19.9. The molecule has 0 fully saturated rings. The van der Waals surface area contributed by atoms with Gasteiger partial charge in [0, 0.05) is 11.3 Å². The van der Waals surface area contributed by atoms with Gasteiger partial charge < -0.3 is 15.1 Å². The zero-order valence-electron chi connectivity index (χ0n) is 15.1. The molecule has 2 amide bonds. The SMILES string of the molecule is CC(=O)c1cccc(NC(=O)/C(=C/c2ccccc2)NC(=O)c2ccco2)c1. The van der Waals surface area contributed by atoms with Crippen molar-refractivity contribution in [1.29, 1.82) is 0 Å². The molecule has 0 spiro atoms. The van der Waals surface area contributed by atoms with E-state index in [0.29, 0.717) is 11.3 Å². The maximum Gasteiger partial charge on any atom is 0.291 e. The van der Waals surface area contributed by atoms with Crippen molar-refractivity contribution in [1.82, 2.24) is 5.32 Å². The van der Waals surface area contributed by atoms with Crippen LogP contribution in [0.2, 0.25) is 0 Å². The molecule has 6 nitrogen and oxygen atoms in total. The summed E-state index contributed by atoms with van der Waals surface area (Å²) < 4.78 is 5.08. The monoisotopic (exact) mass is 374 g/mol. The highest BCUT2D eigenvalue weighted by Gasteiger charge is 2.17. The third-order valence-electron chi connectivity index (χ3n) is 3.88. The van der Waals surface area contributed by atoms with E-state index in [1.165, 1.54) is 19.3 Å². The molecule has 28 heavy (non-hydrogen) atoms. The van der Waals surface area contributed by atoms with Crippen LogP contribution in [-0.2, 0) is 4.79 Å². The van der Waals surface area contributed by atoms with Crippen LogP contribution in [0.1, 0.15) is 33.4 Å². The second-order valence-electron chi connectivity index (χ2n) is 5.99. The summed E-state index contributed by atoms with van der Waals surface area (Å²) in [6, 6.07) is 18.8. The molecule has 6 heteroatoms. The van der Waals surface area contributed by atoms with Crippen molar-refractivity contribution in [2.75, 3.05) is 5.32 Å². The highest BCUT2D eigenvalue weighted by atomic mass is 16.3. The Balaban J connectivity index is 1.86. The van der Waals surface area contributed by atoms with Crippen LogP contribution < -0.4 is 10.6 Å². The van der Waals surface area contributed by atoms with Crippen molar-refractivity contribution < 1.29 is 18.8 Å². The van der Waals surface area contributed by atoms with Crippen molar-refractivity contribution in [3.05, 3.63) is 95.6 Å². The van der Waals surface area contributed by atoms with Crippen LogP contribution in [0, 0.1) is 0 Å². The molecule has 2 aromatic carbocycles. The van der Waals surface area contributed by atoms with Gasteiger partial charge in [-0.25, -0.2) is 0 Å². The summed E-state index contributed by atoms with van der Waals surface area (Å²) >= 11 is 0. The number of hydrogen-bond acceptors (Lipinski definition) is 4. The van der Waals surface area contributed by atoms with Gasteiger partial charge in [0.15, 0.2) is 11.5 Å². The summed E-state index contributed by atoms with van der Waals surface area (Å²) in [4.78, 5) is 36.7. The summed E-state index contributed by atoms with van der Waals surface area (Å²) in [6.07, 6.45) is 2.94. The molecule has 0 unspecified atom stereocenters. The lowest BCUT2D eigenvalue weighted by Gasteiger charge is -2.11. The van der Waals surface area contributed by atoms with E-state index >= 15 is 0 Å². The first-order chi connectivity index (χ1) is 13.5. The third-order valence-corrected chi connectivity index (χ3v) is 3.88. The first-order valence-electron chi connectivity index (χ1n) is 8.57. The van der Waals surface area contributed by atoms with E-state index < -0.39 is 11.8 Å². The van der Waals surface area contributed by atoms with Crippen LogP contribution in [0.4, 0.5) is 5.69 Å². The van der Waals surface area contributed by atoms with E-state index in [1.54, 1.807) is 36.4 Å². The number of carbonyl (C=O) groups is 3. The number of amides is 2. The summed E-state index contributed by atoms with van der Waals surface area (Å²) in [6.45, 7) is 1.45. The lowest BCUT2D eigenvalue weighted by molar-refractivity contribution is -0.113. The van der Waals surface area contributed by atoms with Gasteiger partial charge in [-0.05, 0) is 42.8 Å². The standard InChI is InChI=1S/C22H18N2O4/c1-15(25)17-9-5-10-18(14-17)23-21(26)19(13-16-7-3-2-4-8-16)24-22(27)20-11-6-12-28-20/h2-14H,1H3,(H,23,26)(H,24,27)/b19-13-. The third kappa shape index (κ3) is 4.82. The fraction of sp³-hybridized carbons (Fsp3) is 0.0455. The first-order valence-corrected chi connectivity index (χ1v) is 8.57. The average molecular weight is 374 g/mol. The number of anilines is 1. The highest BCUT2D eigenvalue weighted by molar-refractivity contribution is 6.10. The largest absolute Gasteiger partial charge is 0.459 e. The number of Topliss-reactive ketones (excluding diaryl/α,β-unsaturated/α-hetero) is 1. The van der Waals surface area contributed by atoms with Gasteiger partial charge in [0.2, 0.25) is 0 Å². The Hall–Kier alpha value is -3.93. The predicted molar refractivity (Wildman–Crippen MR) is 106 cm³/mol. The average Bonchev–Trinajstić information content (AvgIpc) is 3.23. The quantitative estimate of drug-likeness (QED) is 0.506. The van der Waals surface area contributed by atoms with E-state index in [4.69, 9.17) is 4.42 Å². The summed E-state index contributed by atoms with van der Waals surface area (Å²) in [5, 5.41) is 5.28. The maximum absolute atomic E-state index is 12.8. The van der Waals surface area contributed by atoms with Gasteiger partial charge in [0.1, 0.15) is 5.70 Å². The summed E-state index contributed by atoms with van der Waals surface area (Å²) in [5.41, 5.74) is 1.71. The Morgan fingerprint density at radius 3 is 2.39 bits per heavy atom. The number of carbonyl (C=O) groups excluding carboxylic acids is 3. The predicted octanol–water partition coefficient (Wildman–Crippen LogP) is 3.89. The normalized spacial score (nSPS) is 11.0. The second kappa shape index (κ2) is 8.64. The van der Waals surface area contributed by atoms with Gasteiger partial charge in [-0.1, -0.05) is 42.5 Å². The van der Waals surface area contributed by atoms with Crippen molar-refractivity contribution in [2.45, 2.75) is 6.92 Å². The lowest BCUT2D eigenvalue weighted by atomic mass is 10.1. The van der Waals surface area contributed by atoms with E-state index in [-0.39, 0.29) is 17.2 Å². The molecule has 0 aliphatic heterocycles. The molecule has 3 rings (SSSR count). The molecule has 0 saturated heterocycles. The van der Waals surface area contributed by atoms with Crippen molar-refractivity contribution in [3.63, 3.8) is 0 Å². The lowest BCUT2D eigenvalue weighted by Crippen LogP contribution is -2.30. The topological polar surface area (TPSA) is 88.4 Å². The van der Waals surface area contributed by atoms with E-state index in [1.807, 2.05) is 30.3 Å². The molecule has 0 radical (unpaired) electrons. The van der Waals surface area contributed by atoms with Crippen LogP contribution in [-0.4, -0.2) is 17.6 Å². The smallest absolute Gasteiger partial charge is 0.291 e. The van der Waals surface area contributed by atoms with Crippen LogP contribution >= 0.6 is 0 Å². The fourth-order valence-corrected chi connectivity index (χ4v) is 2.48. The van der Waals surface area contributed by atoms with Gasteiger partial charge in [-0.2, -0.15) is 0 Å². The van der Waals surface area contributed by atoms with E-state index in [0.717, 1.165) is 5.56 Å². The summed E-state index contributed by atoms with van der Waals surface area (Å²) in [7, 11) is 0. The Kier molecular flexibility index (Phi) is 5.81. The Bertz CT molecular complexity index is 1020. The van der Waals surface area contributed by atoms with Crippen LogP contribution in [0.25, 0.3) is 6.08 Å². The van der Waals surface area contributed by atoms with Crippen LogP contribution in [0.5, 0.6) is 0 Å². The molecule has 0 atom stereocenters. The molecule has 0 bridgehead atoms. The molecule has 0 aliphatic carbocycles. The zero-order valence-corrected chi connectivity index (χ0v) is 15.1. The van der Waals surface area contributed by atoms with Gasteiger partial charge in [-0.3, -0.25) is 14.4 Å². The van der Waals surface area contributed by atoms with Gasteiger partial charge >= 0.3 is 0 Å². The number of rotatable bonds is 6. The molecule has 2 N–H and O–H groups in total. The van der Waals surface area contributed by atoms with Gasteiger partial charge in [0.25, 0.3) is 11.8 Å². The number of benzene rings is 2. The highest BCUT2D eigenvalue weighted by Crippen LogP contribution is 2.14. The molecule has 1 aromatic heterocycles. The molecule has 0 aliphatic rings. The number of nitrogens with one attached hydrogen (secondary N) is 2. The first kappa shape index (κ1) is 18.8. The van der Waals surface area contributed by atoms with Crippen LogP contribution in [0.3, 0.4) is 0 Å². The van der Waals surface area contributed by atoms with E-state index in [2.05, 4.69) is 10.6 Å². The minimum absolute atomic E-state index is 0.0424. The molecule has 3 aromatic rings. The Morgan fingerprint density at radius 2 is 1.71 bits per heavy atom. The van der Waals surface area contributed by atoms with Crippen molar-refractivity contribution in [2.24, 2.45) is 0 Å². The van der Waals surface area contributed by atoms with Gasteiger partial charge in [-0.15, -0.1) is 0 Å². The molecular formula is C22H18N2O4. The maximum atomic E-state index is 12.8. The number of hydrogen-bond donors (Lipinski definition) is 2. The number of ketones is 1. The fourth-order valence-electron chi connectivity index (χ4n) is 2.48.